The average Bonchev–Trinajstić information content (AvgIpc) is 2.84. The number of ketones is 2. The zero-order chi connectivity index (χ0) is 21.5. The summed E-state index contributed by atoms with van der Waals surface area (Å²) < 4.78 is 11.7. The molecule has 0 saturated heterocycles. The van der Waals surface area contributed by atoms with E-state index in [1.165, 1.54) is 0 Å². The Bertz CT molecular complexity index is 1110. The second-order valence-electron chi connectivity index (χ2n) is 6.73. The summed E-state index contributed by atoms with van der Waals surface area (Å²) in [6, 6.07) is 32.5. The molecule has 0 atom stereocenters. The van der Waals surface area contributed by atoms with Gasteiger partial charge in [-0.15, -0.1) is 0 Å². The summed E-state index contributed by atoms with van der Waals surface area (Å²) in [7, 11) is 0. The third-order valence-electron chi connectivity index (χ3n) is 4.58. The molecule has 0 aliphatic carbocycles. The number of hydrogen-bond acceptors (Lipinski definition) is 4. The van der Waals surface area contributed by atoms with Crippen molar-refractivity contribution in [2.45, 2.75) is 0 Å². The summed E-state index contributed by atoms with van der Waals surface area (Å²) in [4.78, 5) is 25.2. The maximum absolute atomic E-state index is 12.6. The summed E-state index contributed by atoms with van der Waals surface area (Å²) in [5.41, 5.74) is 2.41. The zero-order valence-corrected chi connectivity index (χ0v) is 21.3. The van der Waals surface area contributed by atoms with E-state index in [1.54, 1.807) is 72.8 Å². The van der Waals surface area contributed by atoms with Gasteiger partial charge < -0.3 is 24.8 Å². The number of halogens is 2. The second kappa shape index (κ2) is 13.1. The predicted octanol–water partition coefficient (Wildman–Crippen LogP) is -0.473. The summed E-state index contributed by atoms with van der Waals surface area (Å²) in [5.74, 6) is 1.10. The third kappa shape index (κ3) is 7.13. The van der Waals surface area contributed by atoms with Crippen molar-refractivity contribution in [2.24, 2.45) is 0 Å². The summed E-state index contributed by atoms with van der Waals surface area (Å²) in [5, 5.41) is 0. The summed E-state index contributed by atoms with van der Waals surface area (Å²) in [6.07, 6.45) is 0. The Morgan fingerprint density at radius 1 is 0.485 bits per heavy atom. The molecule has 7 heteroatoms. The molecule has 0 aliphatic heterocycles. The van der Waals surface area contributed by atoms with E-state index in [-0.39, 0.29) is 36.4 Å². The fourth-order valence-corrected chi connectivity index (χ4v) is 4.23. The van der Waals surface area contributed by atoms with E-state index in [1.807, 2.05) is 36.4 Å². The van der Waals surface area contributed by atoms with Crippen molar-refractivity contribution in [1.29, 1.82) is 0 Å². The largest absolute Gasteiger partial charge is 1.00 e. The van der Waals surface area contributed by atoms with Gasteiger partial charge in [0.15, 0.2) is 0 Å². The van der Waals surface area contributed by atoms with Crippen LogP contribution in [0.1, 0.15) is 31.8 Å². The minimum Gasteiger partial charge on any atom is -1.00 e. The van der Waals surface area contributed by atoms with Crippen LogP contribution in [0.25, 0.3) is 0 Å². The van der Waals surface area contributed by atoms with Gasteiger partial charge in [-0.05, 0) is 0 Å². The van der Waals surface area contributed by atoms with E-state index in [2.05, 4.69) is 0 Å². The molecule has 0 amide bonds. The van der Waals surface area contributed by atoms with E-state index in [9.17, 15) is 9.59 Å². The molecule has 0 unspecified atom stereocenters. The SMILES string of the molecule is O=C(c1ccccc1)c1cccc([O][Zr+2][O]c2cccc(C(=O)c3ccccc3)c2)c1.[Cl-].[Cl-]. The van der Waals surface area contributed by atoms with Gasteiger partial charge in [0.1, 0.15) is 0 Å². The molecule has 164 valence electrons. The smallest absolute Gasteiger partial charge is 1.00 e. The molecular weight excluding hydrogens is 538 g/mol. The normalized spacial score (nSPS) is 9.45. The van der Waals surface area contributed by atoms with Crippen LogP contribution >= 0.6 is 0 Å². The fraction of sp³-hybridized carbons (Fsp3) is 0. The fourth-order valence-electron chi connectivity index (χ4n) is 3.03. The van der Waals surface area contributed by atoms with Gasteiger partial charge in [0.25, 0.3) is 0 Å². The molecule has 0 fully saturated rings. The van der Waals surface area contributed by atoms with Crippen molar-refractivity contribution in [2.75, 3.05) is 0 Å². The number of hydrogen-bond donors (Lipinski definition) is 0. The molecule has 4 aromatic carbocycles. The first-order valence-electron chi connectivity index (χ1n) is 9.69. The number of carbonyl (C=O) groups excluding carboxylic acids is 2. The van der Waals surface area contributed by atoms with Gasteiger partial charge in [0, 0.05) is 0 Å². The molecule has 0 spiro atoms. The maximum Gasteiger partial charge on any atom is -1.00 e. The van der Waals surface area contributed by atoms with Gasteiger partial charge in [-0.1, -0.05) is 0 Å². The van der Waals surface area contributed by atoms with Crippen LogP contribution in [0.2, 0.25) is 0 Å². The Balaban J connectivity index is 0.00000193. The molecule has 4 nitrogen and oxygen atoms in total. The van der Waals surface area contributed by atoms with Crippen LogP contribution in [0.3, 0.4) is 0 Å². The predicted molar refractivity (Wildman–Crippen MR) is 114 cm³/mol. The Labute approximate surface area is 217 Å². The molecule has 0 aromatic heterocycles. The monoisotopic (exact) mass is 554 g/mol. The van der Waals surface area contributed by atoms with E-state index in [4.69, 9.17) is 5.63 Å². The minimum atomic E-state index is -1.72. The van der Waals surface area contributed by atoms with Crippen molar-refractivity contribution in [1.82, 2.24) is 0 Å². The molecular formula is C26H18Cl2O4Zr. The first-order valence-corrected chi connectivity index (χ1v) is 11.7. The van der Waals surface area contributed by atoms with Crippen molar-refractivity contribution in [3.8, 4) is 11.5 Å². The van der Waals surface area contributed by atoms with Crippen molar-refractivity contribution in [3.63, 3.8) is 0 Å². The van der Waals surface area contributed by atoms with Crippen LogP contribution in [-0.4, -0.2) is 11.6 Å². The molecule has 0 heterocycles. The first-order chi connectivity index (χ1) is 15.2. The molecule has 0 saturated carbocycles. The van der Waals surface area contributed by atoms with Gasteiger partial charge in [0.2, 0.25) is 0 Å². The molecule has 4 aromatic rings. The van der Waals surface area contributed by atoms with Crippen LogP contribution in [0, 0.1) is 0 Å². The van der Waals surface area contributed by atoms with E-state index in [0.29, 0.717) is 33.8 Å². The second-order valence-corrected chi connectivity index (χ2v) is 8.15. The van der Waals surface area contributed by atoms with Gasteiger partial charge in [-0.3, -0.25) is 0 Å². The minimum absolute atomic E-state index is 0. The quantitative estimate of drug-likeness (QED) is 0.276. The molecule has 0 bridgehead atoms. The van der Waals surface area contributed by atoms with Crippen LogP contribution in [-0.2, 0) is 24.1 Å². The van der Waals surface area contributed by atoms with Crippen LogP contribution in [0.5, 0.6) is 11.5 Å². The number of rotatable bonds is 8. The van der Waals surface area contributed by atoms with E-state index >= 15 is 0 Å². The Morgan fingerprint density at radius 2 is 0.848 bits per heavy atom. The molecule has 4 rings (SSSR count). The van der Waals surface area contributed by atoms with E-state index < -0.39 is 24.1 Å². The Morgan fingerprint density at radius 3 is 1.24 bits per heavy atom. The number of carbonyl (C=O) groups is 2. The standard InChI is InChI=1S/2C13H10O2.2ClH.Zr/c2*14-12-8-4-7-11(9-12)13(15)10-5-2-1-3-6-10;;;/h2*1-9,14H;2*1H;/q;;;;+4/p-4. The van der Waals surface area contributed by atoms with Crippen molar-refractivity contribution in [3.05, 3.63) is 131 Å². The van der Waals surface area contributed by atoms with Crippen LogP contribution < -0.4 is 30.4 Å². The molecule has 33 heavy (non-hydrogen) atoms. The molecule has 0 radical (unpaired) electrons. The third-order valence-corrected chi connectivity index (χ3v) is 6.15. The van der Waals surface area contributed by atoms with Gasteiger partial charge in [-0.2, -0.15) is 0 Å². The van der Waals surface area contributed by atoms with Crippen molar-refractivity contribution < 1.29 is 64.1 Å². The zero-order valence-electron chi connectivity index (χ0n) is 17.3. The summed E-state index contributed by atoms with van der Waals surface area (Å²) >= 11 is -1.72. The van der Waals surface area contributed by atoms with E-state index in [0.717, 1.165) is 0 Å². The number of benzene rings is 4. The Hall–Kier alpha value is -2.72. The van der Waals surface area contributed by atoms with Crippen LogP contribution in [0.4, 0.5) is 0 Å². The Kier molecular flexibility index (Phi) is 10.5. The summed E-state index contributed by atoms with van der Waals surface area (Å²) in [6.45, 7) is 0. The van der Waals surface area contributed by atoms with Gasteiger partial charge >= 0.3 is 194 Å². The molecule has 0 aliphatic rings. The maximum atomic E-state index is 12.6. The first kappa shape index (κ1) is 26.5. The molecule has 0 N–H and O–H groups in total. The topological polar surface area (TPSA) is 52.6 Å². The van der Waals surface area contributed by atoms with Crippen molar-refractivity contribution >= 4 is 11.6 Å². The van der Waals surface area contributed by atoms with Crippen LogP contribution in [0.15, 0.2) is 109 Å². The van der Waals surface area contributed by atoms with Gasteiger partial charge in [0.05, 0.1) is 0 Å². The van der Waals surface area contributed by atoms with Gasteiger partial charge in [-0.25, -0.2) is 0 Å². The average molecular weight is 557 g/mol.